The Hall–Kier alpha value is -3.59. The molecule has 5 N–H and O–H groups in total. The third kappa shape index (κ3) is 3.89. The Morgan fingerprint density at radius 3 is 1.94 bits per heavy atom. The van der Waals surface area contributed by atoms with Crippen LogP contribution in [0.15, 0.2) is 36.4 Å². The monoisotopic (exact) mass is 473 g/mol. The van der Waals surface area contributed by atoms with Crippen LogP contribution in [0, 0.1) is 0 Å². The van der Waals surface area contributed by atoms with Crippen LogP contribution in [0.3, 0.4) is 0 Å². The third-order valence-corrected chi connectivity index (χ3v) is 7.72. The van der Waals surface area contributed by atoms with Crippen molar-refractivity contribution in [3.05, 3.63) is 75.6 Å². The smallest absolute Gasteiger partial charge is 0.251 e. The number of hydrogen-bond donors (Lipinski definition) is 4. The highest BCUT2D eigenvalue weighted by Crippen LogP contribution is 2.50. The number of aromatic amines is 1. The first-order valence-corrected chi connectivity index (χ1v) is 12.1. The molecule has 2 aromatic carbocycles. The minimum absolute atomic E-state index is 0.132. The van der Waals surface area contributed by atoms with Gasteiger partial charge >= 0.3 is 0 Å². The molecule has 0 radical (unpaired) electrons. The molecule has 0 bridgehead atoms. The van der Waals surface area contributed by atoms with Gasteiger partial charge in [0.1, 0.15) is 0 Å². The molecular weight excluding hydrogens is 442 g/mol. The fraction of sp³-hybridized carbons (Fsp3) is 0.423. The number of carbonyl (C=O) groups excluding carboxylic acids is 2. The first-order valence-electron chi connectivity index (χ1n) is 12.1. The number of rotatable bonds is 5. The molecule has 9 nitrogen and oxygen atoms in total. The van der Waals surface area contributed by atoms with Gasteiger partial charge in [0, 0.05) is 30.8 Å². The SMILES string of the molecule is CNC(=O)c1ccc2c(c1)CCc1cc(C(=O)NC)ccc1C2(CC1(N)CCCC1)c1nn[nH]n1. The summed E-state index contributed by atoms with van der Waals surface area (Å²) in [6, 6.07) is 11.7. The second-order valence-corrected chi connectivity index (χ2v) is 9.79. The van der Waals surface area contributed by atoms with E-state index < -0.39 is 11.0 Å². The van der Waals surface area contributed by atoms with Crippen LogP contribution in [0.4, 0.5) is 0 Å². The van der Waals surface area contributed by atoms with Crippen molar-refractivity contribution in [2.75, 3.05) is 14.1 Å². The van der Waals surface area contributed by atoms with Gasteiger partial charge in [0.25, 0.3) is 11.8 Å². The number of amides is 2. The summed E-state index contributed by atoms with van der Waals surface area (Å²) in [5, 5.41) is 21.0. The van der Waals surface area contributed by atoms with E-state index in [2.05, 4.69) is 31.3 Å². The van der Waals surface area contributed by atoms with E-state index in [9.17, 15) is 9.59 Å². The molecule has 9 heteroatoms. The average Bonchev–Trinajstić information content (AvgIpc) is 3.55. The first kappa shape index (κ1) is 23.2. The molecule has 1 heterocycles. The Morgan fingerprint density at radius 2 is 1.49 bits per heavy atom. The molecule has 1 saturated carbocycles. The topological polar surface area (TPSA) is 139 Å². The van der Waals surface area contributed by atoms with Gasteiger partial charge in [0.05, 0.1) is 5.41 Å². The van der Waals surface area contributed by atoms with Crippen LogP contribution in [-0.2, 0) is 18.3 Å². The summed E-state index contributed by atoms with van der Waals surface area (Å²) in [6.45, 7) is 0. The Labute approximate surface area is 204 Å². The highest BCUT2D eigenvalue weighted by atomic mass is 16.2. The first-order chi connectivity index (χ1) is 16.9. The quantitative estimate of drug-likeness (QED) is 0.447. The van der Waals surface area contributed by atoms with Crippen molar-refractivity contribution in [3.63, 3.8) is 0 Å². The summed E-state index contributed by atoms with van der Waals surface area (Å²) in [6.07, 6.45) is 6.04. The maximum absolute atomic E-state index is 12.5. The van der Waals surface area contributed by atoms with Crippen molar-refractivity contribution in [1.29, 1.82) is 0 Å². The number of carbonyl (C=O) groups is 2. The van der Waals surface area contributed by atoms with Gasteiger partial charge in [-0.25, -0.2) is 0 Å². The number of aryl methyl sites for hydroxylation is 2. The fourth-order valence-corrected chi connectivity index (χ4v) is 6.06. The van der Waals surface area contributed by atoms with Crippen molar-refractivity contribution < 1.29 is 9.59 Å². The molecule has 0 spiro atoms. The zero-order valence-electron chi connectivity index (χ0n) is 20.1. The second kappa shape index (κ2) is 8.88. The highest BCUT2D eigenvalue weighted by Gasteiger charge is 2.49. The van der Waals surface area contributed by atoms with Crippen LogP contribution in [-0.4, -0.2) is 52.1 Å². The molecule has 1 fully saturated rings. The van der Waals surface area contributed by atoms with Crippen molar-refractivity contribution in [2.24, 2.45) is 5.73 Å². The standard InChI is InChI=1S/C26H31N7O2/c1-28-22(34)18-7-9-20-16(13-18)5-6-17-14-19(23(35)29-2)8-10-21(17)26(20,24-30-32-33-31-24)15-25(27)11-3-4-12-25/h7-10,13-14H,3-6,11-12,15,27H2,1-2H3,(H,28,34)(H,29,35)(H,30,31,32,33). The fourth-order valence-electron chi connectivity index (χ4n) is 6.06. The molecule has 35 heavy (non-hydrogen) atoms. The third-order valence-electron chi connectivity index (χ3n) is 7.72. The molecule has 2 aliphatic carbocycles. The highest BCUT2D eigenvalue weighted by molar-refractivity contribution is 5.95. The number of nitrogens with one attached hydrogen (secondary N) is 3. The Balaban J connectivity index is 1.80. The summed E-state index contributed by atoms with van der Waals surface area (Å²) in [5.41, 5.74) is 11.3. The molecule has 1 aromatic heterocycles. The van der Waals surface area contributed by atoms with E-state index in [0.29, 0.717) is 36.2 Å². The normalized spacial score (nSPS) is 17.7. The van der Waals surface area contributed by atoms with E-state index in [-0.39, 0.29) is 11.8 Å². The van der Waals surface area contributed by atoms with Crippen LogP contribution >= 0.6 is 0 Å². The van der Waals surface area contributed by atoms with Gasteiger partial charge in [-0.05, 0) is 78.6 Å². The summed E-state index contributed by atoms with van der Waals surface area (Å²) in [5.74, 6) is 0.291. The Morgan fingerprint density at radius 1 is 0.943 bits per heavy atom. The van der Waals surface area contributed by atoms with Gasteiger partial charge < -0.3 is 16.4 Å². The molecule has 182 valence electrons. The Kier molecular flexibility index (Phi) is 5.88. The van der Waals surface area contributed by atoms with E-state index in [0.717, 1.165) is 47.9 Å². The lowest BCUT2D eigenvalue weighted by molar-refractivity contribution is 0.0955. The maximum atomic E-state index is 12.5. The van der Waals surface area contributed by atoms with Crippen LogP contribution in [0.25, 0.3) is 0 Å². The molecule has 5 rings (SSSR count). The van der Waals surface area contributed by atoms with Crippen molar-refractivity contribution >= 4 is 11.8 Å². The molecule has 2 amide bonds. The summed E-state index contributed by atoms with van der Waals surface area (Å²) in [7, 11) is 3.26. The lowest BCUT2D eigenvalue weighted by Crippen LogP contribution is -2.46. The number of tetrazole rings is 1. The van der Waals surface area contributed by atoms with Gasteiger partial charge in [-0.2, -0.15) is 5.21 Å². The van der Waals surface area contributed by atoms with Gasteiger partial charge in [0.15, 0.2) is 5.82 Å². The van der Waals surface area contributed by atoms with Crippen molar-refractivity contribution in [1.82, 2.24) is 31.3 Å². The summed E-state index contributed by atoms with van der Waals surface area (Å²) in [4.78, 5) is 24.9. The van der Waals surface area contributed by atoms with Gasteiger partial charge in [-0.3, -0.25) is 9.59 Å². The summed E-state index contributed by atoms with van der Waals surface area (Å²) >= 11 is 0. The molecule has 0 saturated heterocycles. The zero-order chi connectivity index (χ0) is 24.6. The van der Waals surface area contributed by atoms with Crippen LogP contribution in [0.5, 0.6) is 0 Å². The van der Waals surface area contributed by atoms with Gasteiger partial charge in [-0.1, -0.05) is 30.2 Å². The number of benzene rings is 2. The van der Waals surface area contributed by atoms with E-state index in [1.807, 2.05) is 36.4 Å². The lowest BCUT2D eigenvalue weighted by atomic mass is 9.64. The van der Waals surface area contributed by atoms with Gasteiger partial charge in [-0.15, -0.1) is 10.2 Å². The van der Waals surface area contributed by atoms with E-state index in [1.54, 1.807) is 14.1 Å². The van der Waals surface area contributed by atoms with Gasteiger partial charge in [0.2, 0.25) is 0 Å². The molecule has 2 aliphatic rings. The molecule has 0 unspecified atom stereocenters. The number of nitrogens with zero attached hydrogens (tertiary/aromatic N) is 3. The van der Waals surface area contributed by atoms with E-state index in [4.69, 9.17) is 5.73 Å². The number of nitrogens with two attached hydrogens (primary N) is 1. The van der Waals surface area contributed by atoms with Crippen LogP contribution in [0.1, 0.15) is 80.9 Å². The number of aromatic nitrogens is 4. The second-order valence-electron chi connectivity index (χ2n) is 9.79. The van der Waals surface area contributed by atoms with Crippen LogP contribution < -0.4 is 16.4 Å². The molecule has 3 aromatic rings. The number of hydrogen-bond acceptors (Lipinski definition) is 6. The van der Waals surface area contributed by atoms with E-state index in [1.165, 1.54) is 0 Å². The lowest BCUT2D eigenvalue weighted by Gasteiger charge is -2.40. The molecule has 0 atom stereocenters. The number of H-pyrrole nitrogens is 1. The minimum Gasteiger partial charge on any atom is -0.355 e. The number of fused-ring (bicyclic) bond motifs is 2. The summed E-state index contributed by atoms with van der Waals surface area (Å²) < 4.78 is 0. The molecular formula is C26H31N7O2. The average molecular weight is 474 g/mol. The van der Waals surface area contributed by atoms with Crippen molar-refractivity contribution in [2.45, 2.75) is 55.9 Å². The minimum atomic E-state index is -0.768. The zero-order valence-corrected chi connectivity index (χ0v) is 20.1. The predicted molar refractivity (Wildman–Crippen MR) is 131 cm³/mol. The van der Waals surface area contributed by atoms with E-state index >= 15 is 0 Å². The van der Waals surface area contributed by atoms with Crippen LogP contribution in [0.2, 0.25) is 0 Å². The van der Waals surface area contributed by atoms with Crippen molar-refractivity contribution in [3.8, 4) is 0 Å². The molecule has 0 aliphatic heterocycles. The Bertz CT molecular complexity index is 1200. The largest absolute Gasteiger partial charge is 0.355 e. The predicted octanol–water partition coefficient (Wildman–Crippen LogP) is 2.01. The maximum Gasteiger partial charge on any atom is 0.251 e.